The molecule has 0 aliphatic heterocycles. The van der Waals surface area contributed by atoms with Crippen molar-refractivity contribution in [2.75, 3.05) is 0 Å². The van der Waals surface area contributed by atoms with E-state index in [4.69, 9.17) is 5.21 Å². The molecule has 0 saturated heterocycles. The minimum atomic E-state index is -0.423. The number of oxime groups is 1. The number of rotatable bonds is 9. The maximum atomic E-state index is 9.98. The smallest absolute Gasteiger partial charge is 0.0893 e. The number of benzene rings is 1. The summed E-state index contributed by atoms with van der Waals surface area (Å²) in [5.74, 6) is 0. The Morgan fingerprint density at radius 1 is 1.11 bits per heavy atom. The maximum Gasteiger partial charge on any atom is 0.0893 e. The van der Waals surface area contributed by atoms with Crippen molar-refractivity contribution in [3.8, 4) is 0 Å². The summed E-state index contributed by atoms with van der Waals surface area (Å²) in [6.07, 6.45) is 6.71. The van der Waals surface area contributed by atoms with Crippen LogP contribution < -0.4 is 0 Å². The summed E-state index contributed by atoms with van der Waals surface area (Å²) in [5.41, 5.74) is 1.43. The standard InChI is InChI=1S/C16H25NO2/c1-2-3-4-5-9-12-15(18)13-16(17-19)14-10-7-6-8-11-14/h6-8,10-11,15,18-19H,2-5,9,12-13H2,1H3. The number of nitrogens with zero attached hydrogens (tertiary/aromatic N) is 1. The molecule has 0 aliphatic rings. The number of unbranched alkanes of at least 4 members (excludes halogenated alkanes) is 4. The Hall–Kier alpha value is -1.35. The van der Waals surface area contributed by atoms with Gasteiger partial charge in [-0.3, -0.25) is 0 Å². The summed E-state index contributed by atoms with van der Waals surface area (Å²) in [4.78, 5) is 0. The van der Waals surface area contributed by atoms with Crippen LogP contribution in [-0.4, -0.2) is 22.1 Å². The molecule has 1 aromatic rings. The molecule has 0 radical (unpaired) electrons. The molecule has 0 saturated carbocycles. The van der Waals surface area contributed by atoms with Gasteiger partial charge in [-0.15, -0.1) is 0 Å². The molecule has 0 aromatic heterocycles. The molecule has 1 rings (SSSR count). The molecule has 1 aromatic carbocycles. The third-order valence-electron chi connectivity index (χ3n) is 3.30. The van der Waals surface area contributed by atoms with Crippen molar-refractivity contribution in [2.24, 2.45) is 5.16 Å². The van der Waals surface area contributed by atoms with Crippen molar-refractivity contribution < 1.29 is 10.3 Å². The van der Waals surface area contributed by atoms with Gasteiger partial charge in [-0.2, -0.15) is 0 Å². The Labute approximate surface area is 116 Å². The predicted molar refractivity (Wildman–Crippen MR) is 78.8 cm³/mol. The Morgan fingerprint density at radius 2 is 1.79 bits per heavy atom. The van der Waals surface area contributed by atoms with E-state index in [-0.39, 0.29) is 0 Å². The topological polar surface area (TPSA) is 52.8 Å². The molecule has 1 unspecified atom stereocenters. The summed E-state index contributed by atoms with van der Waals surface area (Å²) in [6, 6.07) is 9.50. The van der Waals surface area contributed by atoms with E-state index in [0.29, 0.717) is 12.1 Å². The predicted octanol–water partition coefficient (Wildman–Crippen LogP) is 3.98. The normalized spacial score (nSPS) is 13.5. The molecule has 0 aliphatic carbocycles. The molecule has 19 heavy (non-hydrogen) atoms. The lowest BCUT2D eigenvalue weighted by Crippen LogP contribution is -2.14. The highest BCUT2D eigenvalue weighted by molar-refractivity contribution is 6.00. The van der Waals surface area contributed by atoms with Gasteiger partial charge in [0, 0.05) is 6.42 Å². The van der Waals surface area contributed by atoms with Crippen LogP contribution in [0.1, 0.15) is 57.4 Å². The van der Waals surface area contributed by atoms with E-state index >= 15 is 0 Å². The fourth-order valence-electron chi connectivity index (χ4n) is 2.16. The zero-order valence-electron chi connectivity index (χ0n) is 11.8. The fraction of sp³-hybridized carbons (Fsp3) is 0.562. The lowest BCUT2D eigenvalue weighted by atomic mass is 10.0. The van der Waals surface area contributed by atoms with Gasteiger partial charge in [0.15, 0.2) is 0 Å². The second-order valence-electron chi connectivity index (χ2n) is 4.97. The summed E-state index contributed by atoms with van der Waals surface area (Å²) in [5, 5.41) is 22.3. The third kappa shape index (κ3) is 6.39. The molecule has 2 N–H and O–H groups in total. The quantitative estimate of drug-likeness (QED) is 0.306. The van der Waals surface area contributed by atoms with E-state index in [1.165, 1.54) is 25.7 Å². The Morgan fingerprint density at radius 3 is 2.42 bits per heavy atom. The van der Waals surface area contributed by atoms with Gasteiger partial charge in [-0.05, 0) is 12.0 Å². The third-order valence-corrected chi connectivity index (χ3v) is 3.30. The number of aliphatic hydroxyl groups excluding tert-OH is 1. The molecule has 106 valence electrons. The van der Waals surface area contributed by atoms with E-state index in [0.717, 1.165) is 18.4 Å². The van der Waals surface area contributed by atoms with Crippen LogP contribution >= 0.6 is 0 Å². The number of hydrogen-bond acceptors (Lipinski definition) is 3. The van der Waals surface area contributed by atoms with Gasteiger partial charge in [-0.1, -0.05) is 74.5 Å². The van der Waals surface area contributed by atoms with Crippen LogP contribution in [0.3, 0.4) is 0 Å². The maximum absolute atomic E-state index is 9.98. The van der Waals surface area contributed by atoms with E-state index in [9.17, 15) is 5.11 Å². The zero-order valence-corrected chi connectivity index (χ0v) is 11.8. The van der Waals surface area contributed by atoms with Crippen molar-refractivity contribution in [1.29, 1.82) is 0 Å². The molecule has 0 heterocycles. The van der Waals surface area contributed by atoms with Gasteiger partial charge >= 0.3 is 0 Å². The highest BCUT2D eigenvalue weighted by Crippen LogP contribution is 2.12. The molecule has 3 heteroatoms. The first-order valence-electron chi connectivity index (χ1n) is 7.22. The largest absolute Gasteiger partial charge is 0.411 e. The number of hydrogen-bond donors (Lipinski definition) is 2. The van der Waals surface area contributed by atoms with Crippen molar-refractivity contribution in [2.45, 2.75) is 58.0 Å². The van der Waals surface area contributed by atoms with Crippen molar-refractivity contribution in [3.05, 3.63) is 35.9 Å². The van der Waals surface area contributed by atoms with Gasteiger partial charge in [-0.25, -0.2) is 0 Å². The molecule has 0 bridgehead atoms. The van der Waals surface area contributed by atoms with Crippen LogP contribution in [0.4, 0.5) is 0 Å². The van der Waals surface area contributed by atoms with Crippen LogP contribution in [0.5, 0.6) is 0 Å². The van der Waals surface area contributed by atoms with Crippen LogP contribution in [0.25, 0.3) is 0 Å². The summed E-state index contributed by atoms with van der Waals surface area (Å²) < 4.78 is 0. The van der Waals surface area contributed by atoms with Gasteiger partial charge in [0.2, 0.25) is 0 Å². The molecule has 0 amide bonds. The average molecular weight is 263 g/mol. The molecule has 1 atom stereocenters. The lowest BCUT2D eigenvalue weighted by Gasteiger charge is -2.11. The Balaban J connectivity index is 2.32. The molecule has 0 fully saturated rings. The summed E-state index contributed by atoms with van der Waals surface area (Å²) in [6.45, 7) is 2.19. The van der Waals surface area contributed by atoms with Crippen molar-refractivity contribution in [3.63, 3.8) is 0 Å². The Kier molecular flexibility index (Phi) is 7.91. The van der Waals surface area contributed by atoms with Gasteiger partial charge in [0.05, 0.1) is 11.8 Å². The first-order valence-corrected chi connectivity index (χ1v) is 7.22. The first kappa shape index (κ1) is 15.7. The minimum Gasteiger partial charge on any atom is -0.411 e. The molecule has 0 spiro atoms. The molecular weight excluding hydrogens is 238 g/mol. The van der Waals surface area contributed by atoms with E-state index < -0.39 is 6.10 Å². The molecule has 3 nitrogen and oxygen atoms in total. The monoisotopic (exact) mass is 263 g/mol. The zero-order chi connectivity index (χ0) is 13.9. The summed E-state index contributed by atoms with van der Waals surface area (Å²) in [7, 11) is 0. The number of aliphatic hydroxyl groups is 1. The highest BCUT2D eigenvalue weighted by atomic mass is 16.4. The fourth-order valence-corrected chi connectivity index (χ4v) is 2.16. The van der Waals surface area contributed by atoms with Crippen LogP contribution in [0.2, 0.25) is 0 Å². The Bertz CT molecular complexity index is 362. The second kappa shape index (κ2) is 9.56. The van der Waals surface area contributed by atoms with E-state index in [2.05, 4.69) is 12.1 Å². The van der Waals surface area contributed by atoms with Crippen LogP contribution in [0.15, 0.2) is 35.5 Å². The first-order chi connectivity index (χ1) is 9.27. The molecular formula is C16H25NO2. The van der Waals surface area contributed by atoms with Gasteiger partial charge in [0.1, 0.15) is 0 Å². The van der Waals surface area contributed by atoms with Crippen molar-refractivity contribution >= 4 is 5.71 Å². The lowest BCUT2D eigenvalue weighted by molar-refractivity contribution is 0.167. The highest BCUT2D eigenvalue weighted by Gasteiger charge is 2.11. The van der Waals surface area contributed by atoms with Crippen LogP contribution in [-0.2, 0) is 0 Å². The van der Waals surface area contributed by atoms with Crippen LogP contribution in [0, 0.1) is 0 Å². The second-order valence-corrected chi connectivity index (χ2v) is 4.97. The minimum absolute atomic E-state index is 0.411. The SMILES string of the molecule is CCCCCCCC(O)CC(=NO)c1ccccc1. The van der Waals surface area contributed by atoms with E-state index in [1.54, 1.807) is 0 Å². The van der Waals surface area contributed by atoms with Gasteiger partial charge < -0.3 is 10.3 Å². The summed E-state index contributed by atoms with van der Waals surface area (Å²) >= 11 is 0. The average Bonchev–Trinajstić information content (AvgIpc) is 2.45. The van der Waals surface area contributed by atoms with E-state index in [1.807, 2.05) is 30.3 Å². The van der Waals surface area contributed by atoms with Crippen molar-refractivity contribution in [1.82, 2.24) is 0 Å². The van der Waals surface area contributed by atoms with Gasteiger partial charge in [0.25, 0.3) is 0 Å².